The van der Waals surface area contributed by atoms with E-state index in [0.717, 1.165) is 11.6 Å². The Morgan fingerprint density at radius 3 is 2.47 bits per heavy atom. The lowest BCUT2D eigenvalue weighted by atomic mass is 10.1. The Kier molecular flexibility index (Phi) is 4.75. The molecule has 1 N–H and O–H groups in total. The number of benzene rings is 1. The molecule has 17 heavy (non-hydrogen) atoms. The lowest BCUT2D eigenvalue weighted by Gasteiger charge is -2.12. The molecule has 0 aromatic heterocycles. The lowest BCUT2D eigenvalue weighted by Crippen LogP contribution is -2.17. The Morgan fingerprint density at radius 2 is 1.88 bits per heavy atom. The van der Waals surface area contributed by atoms with Gasteiger partial charge in [-0.15, -0.1) is 0 Å². The fourth-order valence-corrected chi connectivity index (χ4v) is 1.43. The average Bonchev–Trinajstić information content (AvgIpc) is 2.23. The van der Waals surface area contributed by atoms with Gasteiger partial charge in [-0.3, -0.25) is 0 Å². The molecule has 0 unspecified atom stereocenters. The van der Waals surface area contributed by atoms with Crippen molar-refractivity contribution in [2.45, 2.75) is 26.6 Å². The van der Waals surface area contributed by atoms with Crippen LogP contribution in [0.1, 0.15) is 25.0 Å². The molecular weight excluding hydrogens is 227 g/mol. The minimum atomic E-state index is -4.28. The van der Waals surface area contributed by atoms with Crippen LogP contribution >= 0.6 is 0 Å². The Hall–Kier alpha value is -1.29. The van der Waals surface area contributed by atoms with E-state index in [0.29, 0.717) is 6.54 Å². The number of hydrogen-bond acceptors (Lipinski definition) is 1. The van der Waals surface area contributed by atoms with Crippen molar-refractivity contribution in [2.24, 2.45) is 0 Å². The van der Waals surface area contributed by atoms with Gasteiger partial charge in [-0.25, -0.2) is 0 Å². The highest BCUT2D eigenvalue weighted by Gasteiger charge is 2.32. The van der Waals surface area contributed by atoms with Crippen molar-refractivity contribution >= 4 is 0 Å². The van der Waals surface area contributed by atoms with E-state index in [1.54, 1.807) is 6.07 Å². The molecule has 0 saturated heterocycles. The van der Waals surface area contributed by atoms with Gasteiger partial charge in [0.2, 0.25) is 0 Å². The largest absolute Gasteiger partial charge is 0.416 e. The summed E-state index contributed by atoms with van der Waals surface area (Å²) in [7, 11) is 0. The molecule has 0 aliphatic rings. The Morgan fingerprint density at radius 1 is 1.24 bits per heavy atom. The summed E-state index contributed by atoms with van der Waals surface area (Å²) in [4.78, 5) is 0. The highest BCUT2D eigenvalue weighted by molar-refractivity contribution is 5.29. The first kappa shape index (κ1) is 13.8. The van der Waals surface area contributed by atoms with Gasteiger partial charge >= 0.3 is 6.18 Å². The van der Waals surface area contributed by atoms with Crippen molar-refractivity contribution in [3.63, 3.8) is 0 Å². The van der Waals surface area contributed by atoms with Crippen LogP contribution < -0.4 is 5.32 Å². The molecule has 1 rings (SSSR count). The van der Waals surface area contributed by atoms with Gasteiger partial charge in [0.1, 0.15) is 0 Å². The first-order valence-corrected chi connectivity index (χ1v) is 5.40. The van der Waals surface area contributed by atoms with Gasteiger partial charge in [0.05, 0.1) is 5.56 Å². The van der Waals surface area contributed by atoms with E-state index in [9.17, 15) is 13.2 Å². The maximum absolute atomic E-state index is 12.6. The zero-order chi connectivity index (χ0) is 12.9. The molecule has 4 heteroatoms. The summed E-state index contributed by atoms with van der Waals surface area (Å²) in [6.07, 6.45) is -2.34. The van der Waals surface area contributed by atoms with Crippen molar-refractivity contribution < 1.29 is 13.2 Å². The van der Waals surface area contributed by atoms with Gasteiger partial charge in [-0.2, -0.15) is 13.2 Å². The Labute approximate surface area is 99.3 Å². The third-order valence-corrected chi connectivity index (χ3v) is 2.29. The minimum Gasteiger partial charge on any atom is -0.309 e. The summed E-state index contributed by atoms with van der Waals surface area (Å²) >= 11 is 0. The molecule has 0 aliphatic carbocycles. The van der Waals surface area contributed by atoms with Gasteiger partial charge < -0.3 is 5.32 Å². The topological polar surface area (TPSA) is 12.0 Å². The first-order chi connectivity index (χ1) is 7.91. The molecule has 0 amide bonds. The van der Waals surface area contributed by atoms with Crippen LogP contribution in [0.15, 0.2) is 35.9 Å². The van der Waals surface area contributed by atoms with Crippen LogP contribution in [-0.4, -0.2) is 6.54 Å². The summed E-state index contributed by atoms with van der Waals surface area (Å²) in [6, 6.07) is 5.63. The molecule has 0 saturated carbocycles. The van der Waals surface area contributed by atoms with Crippen LogP contribution in [0, 0.1) is 0 Å². The third-order valence-electron chi connectivity index (χ3n) is 2.29. The smallest absolute Gasteiger partial charge is 0.309 e. The van der Waals surface area contributed by atoms with Crippen molar-refractivity contribution in [3.05, 3.63) is 47.0 Å². The van der Waals surface area contributed by atoms with Gasteiger partial charge in [0.15, 0.2) is 0 Å². The van der Waals surface area contributed by atoms with Crippen molar-refractivity contribution in [3.8, 4) is 0 Å². The highest BCUT2D eigenvalue weighted by Crippen LogP contribution is 2.31. The average molecular weight is 243 g/mol. The number of hydrogen-bond donors (Lipinski definition) is 1. The molecule has 0 fully saturated rings. The molecular formula is C13H16F3N. The molecule has 1 nitrogen and oxygen atoms in total. The van der Waals surface area contributed by atoms with E-state index < -0.39 is 11.7 Å². The predicted octanol–water partition coefficient (Wildman–Crippen LogP) is 3.76. The number of alkyl halides is 3. The zero-order valence-electron chi connectivity index (χ0n) is 9.93. The fraction of sp³-hybridized carbons (Fsp3) is 0.385. The predicted molar refractivity (Wildman–Crippen MR) is 62.6 cm³/mol. The van der Waals surface area contributed by atoms with E-state index >= 15 is 0 Å². The first-order valence-electron chi connectivity index (χ1n) is 5.40. The van der Waals surface area contributed by atoms with Crippen LogP contribution in [0.3, 0.4) is 0 Å². The van der Waals surface area contributed by atoms with Crippen molar-refractivity contribution in [1.29, 1.82) is 0 Å². The van der Waals surface area contributed by atoms with E-state index in [1.165, 1.54) is 12.1 Å². The fourth-order valence-electron chi connectivity index (χ4n) is 1.43. The summed E-state index contributed by atoms with van der Waals surface area (Å²) in [5.41, 5.74) is 0.855. The Balaban J connectivity index is 2.68. The maximum Gasteiger partial charge on any atom is 0.416 e. The quantitative estimate of drug-likeness (QED) is 0.627. The minimum absolute atomic E-state index is 0.222. The van der Waals surface area contributed by atoms with Crippen molar-refractivity contribution in [2.75, 3.05) is 6.54 Å². The second-order valence-electron chi connectivity index (χ2n) is 4.07. The van der Waals surface area contributed by atoms with Gasteiger partial charge in [-0.1, -0.05) is 29.8 Å². The summed E-state index contributed by atoms with van der Waals surface area (Å²) in [5, 5.41) is 2.97. The number of nitrogens with one attached hydrogen (secondary N) is 1. The number of halogens is 3. The number of allylic oxidation sites excluding steroid dienone is 1. The van der Waals surface area contributed by atoms with E-state index in [4.69, 9.17) is 0 Å². The van der Waals surface area contributed by atoms with Crippen LogP contribution in [-0.2, 0) is 12.7 Å². The maximum atomic E-state index is 12.6. The molecule has 94 valence electrons. The zero-order valence-corrected chi connectivity index (χ0v) is 9.93. The Bertz CT molecular complexity index is 390. The lowest BCUT2D eigenvalue weighted by molar-refractivity contribution is -0.138. The summed E-state index contributed by atoms with van der Waals surface area (Å²) in [6.45, 7) is 4.70. The van der Waals surface area contributed by atoms with Crippen LogP contribution in [0.5, 0.6) is 0 Å². The summed E-state index contributed by atoms with van der Waals surface area (Å²) < 4.78 is 37.9. The standard InChI is InChI=1S/C13H16F3N/c1-10(2)7-8-17-9-11-5-3-4-6-12(11)13(14,15)16/h3-7,17H,8-9H2,1-2H3. The van der Waals surface area contributed by atoms with E-state index in [-0.39, 0.29) is 12.1 Å². The SMILES string of the molecule is CC(C)=CCNCc1ccccc1C(F)(F)F. The molecule has 1 aromatic carbocycles. The second-order valence-corrected chi connectivity index (χ2v) is 4.07. The third kappa shape index (κ3) is 4.61. The van der Waals surface area contributed by atoms with E-state index in [2.05, 4.69) is 5.32 Å². The van der Waals surface area contributed by atoms with Gasteiger partial charge in [0.25, 0.3) is 0 Å². The van der Waals surface area contributed by atoms with Gasteiger partial charge in [-0.05, 0) is 25.5 Å². The van der Waals surface area contributed by atoms with Crippen LogP contribution in [0.25, 0.3) is 0 Å². The monoisotopic (exact) mass is 243 g/mol. The van der Waals surface area contributed by atoms with Crippen molar-refractivity contribution in [1.82, 2.24) is 5.32 Å². The normalized spacial score (nSPS) is 11.4. The molecule has 0 spiro atoms. The molecule has 0 bridgehead atoms. The van der Waals surface area contributed by atoms with Crippen LogP contribution in [0.4, 0.5) is 13.2 Å². The molecule has 0 radical (unpaired) electrons. The second kappa shape index (κ2) is 5.87. The molecule has 1 aromatic rings. The molecule has 0 aliphatic heterocycles. The summed E-state index contributed by atoms with van der Waals surface area (Å²) in [5.74, 6) is 0. The number of rotatable bonds is 4. The molecule has 0 atom stereocenters. The van der Waals surface area contributed by atoms with Crippen LogP contribution in [0.2, 0.25) is 0 Å². The molecule has 0 heterocycles. The highest BCUT2D eigenvalue weighted by atomic mass is 19.4. The van der Waals surface area contributed by atoms with Gasteiger partial charge in [0, 0.05) is 13.1 Å². The van der Waals surface area contributed by atoms with E-state index in [1.807, 2.05) is 19.9 Å².